The van der Waals surface area contributed by atoms with Crippen LogP contribution >= 0.6 is 0 Å². The van der Waals surface area contributed by atoms with Crippen molar-refractivity contribution in [2.45, 2.75) is 32.8 Å². The largest absolute Gasteiger partial charge is 0.487 e. The Balaban J connectivity index is 1.29. The predicted octanol–water partition coefficient (Wildman–Crippen LogP) is 4.04. The smallest absolute Gasteiger partial charge is 0.224 e. The monoisotopic (exact) mass is 430 g/mol. The van der Waals surface area contributed by atoms with Crippen molar-refractivity contribution < 1.29 is 13.9 Å². The minimum Gasteiger partial charge on any atom is -0.487 e. The second-order valence-corrected chi connectivity index (χ2v) is 8.13. The molecule has 1 aliphatic heterocycles. The van der Waals surface area contributed by atoms with E-state index in [1.165, 1.54) is 6.07 Å². The van der Waals surface area contributed by atoms with Crippen molar-refractivity contribution in [2.75, 3.05) is 6.54 Å². The summed E-state index contributed by atoms with van der Waals surface area (Å²) in [5, 5.41) is 3.97. The van der Waals surface area contributed by atoms with E-state index in [1.807, 2.05) is 44.3 Å². The number of nitrogens with one attached hydrogen (secondary N) is 2. The summed E-state index contributed by atoms with van der Waals surface area (Å²) in [5.74, 6) is 0.0777. The lowest BCUT2D eigenvalue weighted by Gasteiger charge is -2.14. The molecule has 0 radical (unpaired) electrons. The van der Waals surface area contributed by atoms with Gasteiger partial charge in [-0.2, -0.15) is 0 Å². The molecule has 0 unspecified atom stereocenters. The van der Waals surface area contributed by atoms with Crippen LogP contribution in [0.4, 0.5) is 4.39 Å². The summed E-state index contributed by atoms with van der Waals surface area (Å²) in [7, 11) is 0. The van der Waals surface area contributed by atoms with E-state index in [1.54, 1.807) is 12.3 Å². The number of amides is 1. The van der Waals surface area contributed by atoms with Crippen molar-refractivity contribution in [1.82, 2.24) is 20.3 Å². The van der Waals surface area contributed by atoms with E-state index in [2.05, 4.69) is 20.3 Å². The molecule has 0 saturated carbocycles. The van der Waals surface area contributed by atoms with Gasteiger partial charge in [0.25, 0.3) is 0 Å². The van der Waals surface area contributed by atoms with Gasteiger partial charge in [0, 0.05) is 40.8 Å². The van der Waals surface area contributed by atoms with Crippen LogP contribution in [0.25, 0.3) is 22.2 Å². The zero-order valence-electron chi connectivity index (χ0n) is 17.9. The van der Waals surface area contributed by atoms with Gasteiger partial charge < -0.3 is 15.0 Å². The molecule has 6 nitrogen and oxygen atoms in total. The van der Waals surface area contributed by atoms with Gasteiger partial charge in [-0.15, -0.1) is 0 Å². The van der Waals surface area contributed by atoms with E-state index in [-0.39, 0.29) is 24.2 Å². The first-order valence-electron chi connectivity index (χ1n) is 10.6. The van der Waals surface area contributed by atoms with Crippen molar-refractivity contribution in [3.05, 3.63) is 77.1 Å². The molecule has 0 spiro atoms. The number of benzene rings is 2. The number of aromatic nitrogens is 3. The summed E-state index contributed by atoms with van der Waals surface area (Å²) in [4.78, 5) is 24.7. The Labute approximate surface area is 184 Å². The lowest BCUT2D eigenvalue weighted by Crippen LogP contribution is -2.35. The van der Waals surface area contributed by atoms with Crippen LogP contribution in [0.5, 0.6) is 5.75 Å². The van der Waals surface area contributed by atoms with E-state index in [0.717, 1.165) is 33.4 Å². The zero-order chi connectivity index (χ0) is 22.2. The minimum absolute atomic E-state index is 0.101. The molecule has 1 amide bonds. The van der Waals surface area contributed by atoms with E-state index in [0.29, 0.717) is 30.0 Å². The van der Waals surface area contributed by atoms with Gasteiger partial charge in [-0.3, -0.25) is 9.78 Å². The van der Waals surface area contributed by atoms with Gasteiger partial charge in [-0.05, 0) is 37.6 Å². The first-order chi connectivity index (χ1) is 15.5. The molecule has 0 bridgehead atoms. The second-order valence-electron chi connectivity index (χ2n) is 8.13. The number of nitrogens with zero attached hydrogens (tertiary/aromatic N) is 2. The maximum absolute atomic E-state index is 14.5. The van der Waals surface area contributed by atoms with Gasteiger partial charge >= 0.3 is 0 Å². The summed E-state index contributed by atoms with van der Waals surface area (Å²) in [6.45, 7) is 4.04. The van der Waals surface area contributed by atoms with Crippen LogP contribution in [-0.4, -0.2) is 33.5 Å². The normalized spacial score (nSPS) is 14.9. The molecule has 0 fully saturated rings. The van der Waals surface area contributed by atoms with Crippen molar-refractivity contribution in [2.24, 2.45) is 0 Å². The summed E-state index contributed by atoms with van der Waals surface area (Å²) in [6, 6.07) is 11.0. The number of aromatic amines is 1. The van der Waals surface area contributed by atoms with Gasteiger partial charge in [0.05, 0.1) is 30.0 Å². The van der Waals surface area contributed by atoms with Gasteiger partial charge in [-0.1, -0.05) is 18.2 Å². The number of aryl methyl sites for hydroxylation is 2. The molecule has 5 rings (SSSR count). The van der Waals surface area contributed by atoms with Gasteiger partial charge in [-0.25, -0.2) is 9.37 Å². The topological polar surface area (TPSA) is 79.9 Å². The number of hydrogen-bond acceptors (Lipinski definition) is 4. The predicted molar refractivity (Wildman–Crippen MR) is 120 cm³/mol. The Bertz CT molecular complexity index is 1330. The van der Waals surface area contributed by atoms with Crippen LogP contribution in [0.1, 0.15) is 22.5 Å². The maximum atomic E-state index is 14.5. The number of hydrogen-bond donors (Lipinski definition) is 2. The highest BCUT2D eigenvalue weighted by Gasteiger charge is 2.30. The zero-order valence-corrected chi connectivity index (χ0v) is 17.9. The summed E-state index contributed by atoms with van der Waals surface area (Å²) < 4.78 is 20.6. The fourth-order valence-corrected chi connectivity index (χ4v) is 4.20. The second kappa shape index (κ2) is 8.07. The maximum Gasteiger partial charge on any atom is 0.224 e. The SMILES string of the molecule is Cc1cnc(C)c(-c2ccc(F)c3c2O[C@H](CNC(=O)Cc2c[nH]c4ccccc24)C3)n1. The molecule has 32 heavy (non-hydrogen) atoms. The number of carbonyl (C=O) groups excluding carboxylic acids is 1. The number of fused-ring (bicyclic) bond motifs is 2. The van der Waals surface area contributed by atoms with Gasteiger partial charge in [0.1, 0.15) is 17.7 Å². The molecule has 3 heterocycles. The Kier molecular flexibility index (Phi) is 5.09. The molecular weight excluding hydrogens is 407 g/mol. The molecule has 2 N–H and O–H groups in total. The molecular formula is C25H23FN4O2. The molecule has 4 aromatic rings. The third-order valence-electron chi connectivity index (χ3n) is 5.80. The summed E-state index contributed by atoms with van der Waals surface area (Å²) in [5.41, 5.74) is 5.40. The molecule has 2 aromatic heterocycles. The highest BCUT2D eigenvalue weighted by molar-refractivity contribution is 5.88. The van der Waals surface area contributed by atoms with Crippen molar-refractivity contribution in [1.29, 1.82) is 0 Å². The molecule has 1 aliphatic rings. The quantitative estimate of drug-likeness (QED) is 0.501. The van der Waals surface area contributed by atoms with Crippen LogP contribution in [0, 0.1) is 19.7 Å². The molecule has 162 valence electrons. The van der Waals surface area contributed by atoms with E-state index in [9.17, 15) is 9.18 Å². The van der Waals surface area contributed by atoms with Gasteiger partial charge in [0.15, 0.2) is 0 Å². The lowest BCUT2D eigenvalue weighted by atomic mass is 10.0. The number of halogens is 1. The van der Waals surface area contributed by atoms with Crippen molar-refractivity contribution in [3.8, 4) is 17.0 Å². The Morgan fingerprint density at radius 1 is 1.25 bits per heavy atom. The Morgan fingerprint density at radius 3 is 2.97 bits per heavy atom. The first kappa shape index (κ1) is 20.2. The number of para-hydroxylation sites is 1. The van der Waals surface area contributed by atoms with Crippen LogP contribution < -0.4 is 10.1 Å². The van der Waals surface area contributed by atoms with E-state index in [4.69, 9.17) is 4.74 Å². The summed E-state index contributed by atoms with van der Waals surface area (Å²) in [6.07, 6.45) is 3.88. The van der Waals surface area contributed by atoms with Crippen molar-refractivity contribution >= 4 is 16.8 Å². The molecule has 1 atom stereocenters. The van der Waals surface area contributed by atoms with Crippen LogP contribution in [0.3, 0.4) is 0 Å². The third-order valence-corrected chi connectivity index (χ3v) is 5.80. The van der Waals surface area contributed by atoms with Gasteiger partial charge in [0.2, 0.25) is 5.91 Å². The number of carbonyl (C=O) groups is 1. The van der Waals surface area contributed by atoms with Crippen LogP contribution in [-0.2, 0) is 17.6 Å². The average molecular weight is 430 g/mol. The number of rotatable bonds is 5. The lowest BCUT2D eigenvalue weighted by molar-refractivity contribution is -0.120. The third kappa shape index (κ3) is 3.70. The Morgan fingerprint density at radius 2 is 2.09 bits per heavy atom. The standard InChI is InChI=1S/C25H23FN4O2/c1-14-11-27-15(2)24(30-14)19-7-8-21(26)20-10-17(32-25(19)20)13-29-23(31)9-16-12-28-22-6-4-3-5-18(16)22/h3-8,11-12,17,28H,9-10,13H2,1-2H3,(H,29,31)/t17-/m0/s1. The number of H-pyrrole nitrogens is 1. The van der Waals surface area contributed by atoms with E-state index < -0.39 is 0 Å². The highest BCUT2D eigenvalue weighted by atomic mass is 19.1. The molecule has 0 saturated heterocycles. The average Bonchev–Trinajstić information content (AvgIpc) is 3.40. The molecule has 0 aliphatic carbocycles. The molecule has 7 heteroatoms. The first-order valence-corrected chi connectivity index (χ1v) is 10.6. The fourth-order valence-electron chi connectivity index (χ4n) is 4.20. The minimum atomic E-state index is -0.342. The number of ether oxygens (including phenoxy) is 1. The highest BCUT2D eigenvalue weighted by Crippen LogP contribution is 2.40. The van der Waals surface area contributed by atoms with Crippen LogP contribution in [0.15, 0.2) is 48.8 Å². The van der Waals surface area contributed by atoms with Crippen LogP contribution in [0.2, 0.25) is 0 Å². The summed E-state index contributed by atoms with van der Waals surface area (Å²) >= 11 is 0. The van der Waals surface area contributed by atoms with E-state index >= 15 is 0 Å². The van der Waals surface area contributed by atoms with Crippen molar-refractivity contribution in [3.63, 3.8) is 0 Å². The molecule has 2 aromatic carbocycles. The Hall–Kier alpha value is -3.74. The fraction of sp³-hybridized carbons (Fsp3) is 0.240.